The summed E-state index contributed by atoms with van der Waals surface area (Å²) in [6.45, 7) is 1.07. The molecule has 0 spiro atoms. The molecule has 1 saturated heterocycles. The van der Waals surface area contributed by atoms with E-state index in [1.54, 1.807) is 0 Å². The van der Waals surface area contributed by atoms with Crippen molar-refractivity contribution in [3.8, 4) is 0 Å². The Morgan fingerprint density at radius 3 is 3.10 bits per heavy atom. The summed E-state index contributed by atoms with van der Waals surface area (Å²) in [4.78, 5) is 20.0. The molecule has 0 aliphatic carbocycles. The molecule has 1 aromatic heterocycles. The van der Waals surface area contributed by atoms with Crippen LogP contribution in [0.4, 0.5) is 11.5 Å². The van der Waals surface area contributed by atoms with Gasteiger partial charge in [-0.15, -0.1) is 0 Å². The van der Waals surface area contributed by atoms with Crippen LogP contribution < -0.4 is 11.1 Å². The highest BCUT2D eigenvalue weighted by Gasteiger charge is 2.40. The van der Waals surface area contributed by atoms with Crippen LogP contribution in [0.5, 0.6) is 0 Å². The van der Waals surface area contributed by atoms with Gasteiger partial charge in [-0.3, -0.25) is 0 Å². The van der Waals surface area contributed by atoms with Gasteiger partial charge in [-0.2, -0.15) is 4.98 Å². The van der Waals surface area contributed by atoms with Gasteiger partial charge in [0.1, 0.15) is 5.54 Å². The van der Waals surface area contributed by atoms with Crippen LogP contribution in [0.1, 0.15) is 19.3 Å². The molecular weight excluding hydrogens is 284 g/mol. The third-order valence-corrected chi connectivity index (χ3v) is 3.47. The van der Waals surface area contributed by atoms with Gasteiger partial charge in [0.05, 0.1) is 19.0 Å². The molecule has 1 fully saturated rings. The fourth-order valence-corrected chi connectivity index (χ4v) is 2.35. The number of methoxy groups -OCH3 is 1. The molecule has 2 heterocycles. The van der Waals surface area contributed by atoms with Crippen molar-refractivity contribution >= 4 is 29.1 Å². The van der Waals surface area contributed by atoms with Crippen LogP contribution in [0.2, 0.25) is 5.28 Å². The van der Waals surface area contributed by atoms with Gasteiger partial charge in [-0.05, 0) is 24.4 Å². The van der Waals surface area contributed by atoms with E-state index in [0.29, 0.717) is 37.6 Å². The van der Waals surface area contributed by atoms with E-state index in [4.69, 9.17) is 26.8 Å². The van der Waals surface area contributed by atoms with Crippen molar-refractivity contribution in [2.45, 2.75) is 24.8 Å². The number of rotatable bonds is 3. The highest BCUT2D eigenvalue weighted by Crippen LogP contribution is 2.29. The SMILES string of the molecule is COC(=O)C1(Nc2nc(Cl)ncc2N)CCCOCC1. The monoisotopic (exact) mass is 300 g/mol. The first-order chi connectivity index (χ1) is 9.57. The van der Waals surface area contributed by atoms with Gasteiger partial charge in [0.15, 0.2) is 5.82 Å². The zero-order valence-corrected chi connectivity index (χ0v) is 11.9. The van der Waals surface area contributed by atoms with Crippen LogP contribution in [0.25, 0.3) is 0 Å². The summed E-state index contributed by atoms with van der Waals surface area (Å²) in [5, 5.41) is 3.14. The zero-order valence-electron chi connectivity index (χ0n) is 11.2. The highest BCUT2D eigenvalue weighted by atomic mass is 35.5. The van der Waals surface area contributed by atoms with E-state index in [9.17, 15) is 4.79 Å². The van der Waals surface area contributed by atoms with Gasteiger partial charge in [0.2, 0.25) is 5.28 Å². The molecule has 7 nitrogen and oxygen atoms in total. The minimum atomic E-state index is -0.906. The predicted octanol–water partition coefficient (Wildman–Crippen LogP) is 1.24. The first-order valence-corrected chi connectivity index (χ1v) is 6.67. The van der Waals surface area contributed by atoms with Gasteiger partial charge >= 0.3 is 5.97 Å². The van der Waals surface area contributed by atoms with Crippen LogP contribution in [0, 0.1) is 0 Å². The topological polar surface area (TPSA) is 99.4 Å². The quantitative estimate of drug-likeness (QED) is 0.640. The summed E-state index contributed by atoms with van der Waals surface area (Å²) >= 11 is 5.77. The second-order valence-corrected chi connectivity index (χ2v) is 4.95. The van der Waals surface area contributed by atoms with Crippen molar-refractivity contribution in [3.63, 3.8) is 0 Å². The lowest BCUT2D eigenvalue weighted by atomic mass is 9.90. The Morgan fingerprint density at radius 1 is 1.55 bits per heavy atom. The number of nitrogens with zero attached hydrogens (tertiary/aromatic N) is 2. The molecule has 0 amide bonds. The number of anilines is 2. The zero-order chi connectivity index (χ0) is 14.6. The number of nitrogen functional groups attached to an aromatic ring is 1. The largest absolute Gasteiger partial charge is 0.467 e. The van der Waals surface area contributed by atoms with Gasteiger partial charge in [-0.25, -0.2) is 9.78 Å². The van der Waals surface area contributed by atoms with E-state index in [0.717, 1.165) is 6.42 Å². The number of nitrogens with one attached hydrogen (secondary N) is 1. The molecule has 1 unspecified atom stereocenters. The molecule has 0 saturated carbocycles. The molecule has 0 aromatic carbocycles. The molecule has 0 bridgehead atoms. The molecule has 0 radical (unpaired) electrons. The summed E-state index contributed by atoms with van der Waals surface area (Å²) in [6.07, 6.45) is 3.18. The van der Waals surface area contributed by atoms with Crippen LogP contribution in [-0.2, 0) is 14.3 Å². The van der Waals surface area contributed by atoms with E-state index in [1.807, 2.05) is 0 Å². The maximum Gasteiger partial charge on any atom is 0.331 e. The number of carbonyl (C=O) groups excluding carboxylic acids is 1. The normalized spacial score (nSPS) is 22.9. The number of hydrogen-bond donors (Lipinski definition) is 2. The van der Waals surface area contributed by atoms with Gasteiger partial charge < -0.3 is 20.5 Å². The number of hydrogen-bond acceptors (Lipinski definition) is 7. The first kappa shape index (κ1) is 14.8. The Bertz CT molecular complexity index is 490. The Morgan fingerprint density at radius 2 is 2.35 bits per heavy atom. The first-order valence-electron chi connectivity index (χ1n) is 6.30. The van der Waals surface area contributed by atoms with Gasteiger partial charge in [-0.1, -0.05) is 0 Å². The Balaban J connectivity index is 2.31. The van der Waals surface area contributed by atoms with Crippen LogP contribution in [0.15, 0.2) is 6.20 Å². The molecule has 1 aromatic rings. The second kappa shape index (κ2) is 6.23. The fourth-order valence-electron chi connectivity index (χ4n) is 2.22. The minimum absolute atomic E-state index is 0.0617. The number of halogens is 1. The van der Waals surface area contributed by atoms with Crippen LogP contribution in [0.3, 0.4) is 0 Å². The Labute approximate surface area is 121 Å². The number of nitrogens with two attached hydrogens (primary N) is 1. The molecule has 110 valence electrons. The lowest BCUT2D eigenvalue weighted by Gasteiger charge is -2.31. The van der Waals surface area contributed by atoms with Gasteiger partial charge in [0.25, 0.3) is 0 Å². The lowest BCUT2D eigenvalue weighted by molar-refractivity contribution is -0.146. The van der Waals surface area contributed by atoms with Crippen molar-refractivity contribution < 1.29 is 14.3 Å². The van der Waals surface area contributed by atoms with Crippen molar-refractivity contribution in [1.82, 2.24) is 9.97 Å². The Hall–Kier alpha value is -1.60. The molecule has 1 atom stereocenters. The summed E-state index contributed by atoms with van der Waals surface area (Å²) in [5.41, 5.74) is 5.23. The predicted molar refractivity (Wildman–Crippen MR) is 74.5 cm³/mol. The highest BCUT2D eigenvalue weighted by molar-refractivity contribution is 6.28. The van der Waals surface area contributed by atoms with Crippen molar-refractivity contribution in [2.75, 3.05) is 31.4 Å². The molecule has 8 heteroatoms. The Kier molecular flexibility index (Phi) is 4.61. The van der Waals surface area contributed by atoms with E-state index in [2.05, 4.69) is 15.3 Å². The maximum absolute atomic E-state index is 12.2. The van der Waals surface area contributed by atoms with E-state index < -0.39 is 5.54 Å². The smallest absolute Gasteiger partial charge is 0.331 e. The minimum Gasteiger partial charge on any atom is -0.467 e. The maximum atomic E-state index is 12.2. The second-order valence-electron chi connectivity index (χ2n) is 4.61. The third kappa shape index (κ3) is 3.10. The van der Waals surface area contributed by atoms with Crippen molar-refractivity contribution in [2.24, 2.45) is 0 Å². The van der Waals surface area contributed by atoms with Gasteiger partial charge in [0, 0.05) is 19.6 Å². The van der Waals surface area contributed by atoms with E-state index in [-0.39, 0.29) is 11.3 Å². The summed E-state index contributed by atoms with van der Waals surface area (Å²) < 4.78 is 10.3. The summed E-state index contributed by atoms with van der Waals surface area (Å²) in [6, 6.07) is 0. The van der Waals surface area contributed by atoms with Crippen molar-refractivity contribution in [3.05, 3.63) is 11.5 Å². The number of esters is 1. The number of carbonyl (C=O) groups is 1. The van der Waals surface area contributed by atoms with E-state index in [1.165, 1.54) is 13.3 Å². The third-order valence-electron chi connectivity index (χ3n) is 3.29. The number of aromatic nitrogens is 2. The molecule has 2 rings (SSSR count). The molecule has 3 N–H and O–H groups in total. The average molecular weight is 301 g/mol. The number of ether oxygens (including phenoxy) is 2. The molecule has 1 aliphatic rings. The molecule has 1 aliphatic heterocycles. The van der Waals surface area contributed by atoms with Crippen LogP contribution >= 0.6 is 11.6 Å². The lowest BCUT2D eigenvalue weighted by Crippen LogP contribution is -2.48. The van der Waals surface area contributed by atoms with Crippen molar-refractivity contribution in [1.29, 1.82) is 0 Å². The van der Waals surface area contributed by atoms with E-state index >= 15 is 0 Å². The fraction of sp³-hybridized carbons (Fsp3) is 0.583. The van der Waals surface area contributed by atoms with Crippen LogP contribution in [-0.4, -0.2) is 41.8 Å². The molecule has 20 heavy (non-hydrogen) atoms. The summed E-state index contributed by atoms with van der Waals surface area (Å²) in [5.74, 6) is -0.0329. The standard InChI is InChI=1S/C12H17ClN4O3/c1-19-10(18)12(3-2-5-20-6-4-12)17-9-8(14)7-15-11(13)16-9/h7H,2-6,14H2,1H3,(H,15,16,17). The summed E-state index contributed by atoms with van der Waals surface area (Å²) in [7, 11) is 1.35. The molecular formula is C12H17ClN4O3. The average Bonchev–Trinajstić information content (AvgIpc) is 2.68.